The summed E-state index contributed by atoms with van der Waals surface area (Å²) < 4.78 is 7.29. The highest BCUT2D eigenvalue weighted by Crippen LogP contribution is 2.45. The molecule has 1 aromatic heterocycles. The van der Waals surface area contributed by atoms with E-state index >= 15 is 0 Å². The van der Waals surface area contributed by atoms with Crippen molar-refractivity contribution in [1.82, 2.24) is 14.8 Å². The Morgan fingerprint density at radius 2 is 2.00 bits per heavy atom. The van der Waals surface area contributed by atoms with E-state index < -0.39 is 5.92 Å². The molecule has 2 aromatic carbocycles. The molecule has 3 aromatic rings. The summed E-state index contributed by atoms with van der Waals surface area (Å²) in [4.78, 5) is 17.7. The number of Topliss-reactive ketones (excluding diaryl/α,β-unsaturated/α-hetero) is 1. The lowest BCUT2D eigenvalue weighted by molar-refractivity contribution is -0.123. The average molecular weight is 437 g/mol. The van der Waals surface area contributed by atoms with Gasteiger partial charge in [-0.2, -0.15) is 10.1 Å². The standard InChI is InChI=1S/C23H21ClN4O3/c1-2-31-20-11-14(5-8-18(20)29)22-21-17(27-23-25-12-26-28(22)23)9-15(10-19(21)30)13-3-6-16(24)7-4-13/h3-9,11-12,15,21-22,29H,2,10H2,1H3,(H,25,26,27)/t15-,21+,22+/m1/s1. The highest BCUT2D eigenvalue weighted by molar-refractivity contribution is 6.30. The largest absolute Gasteiger partial charge is 0.504 e. The van der Waals surface area contributed by atoms with Gasteiger partial charge in [-0.05, 0) is 42.3 Å². The first-order valence-electron chi connectivity index (χ1n) is 10.2. The second-order valence-corrected chi connectivity index (χ2v) is 8.12. The van der Waals surface area contributed by atoms with Crippen molar-refractivity contribution in [2.75, 3.05) is 11.9 Å². The van der Waals surface area contributed by atoms with Gasteiger partial charge in [0.05, 0.1) is 18.6 Å². The molecule has 0 saturated heterocycles. The Balaban J connectivity index is 1.59. The number of nitrogens with one attached hydrogen (secondary N) is 1. The van der Waals surface area contributed by atoms with Crippen LogP contribution in [0.3, 0.4) is 0 Å². The molecule has 0 amide bonds. The third-order valence-electron chi connectivity index (χ3n) is 5.82. The molecule has 0 unspecified atom stereocenters. The zero-order valence-electron chi connectivity index (χ0n) is 16.8. The SMILES string of the molecule is CCOc1cc([C@H]2[C@@H]3C(=O)C[C@H](c4ccc(Cl)cc4)C=C3Nc3ncnn32)ccc1O. The number of carbonyl (C=O) groups is 1. The monoisotopic (exact) mass is 436 g/mol. The van der Waals surface area contributed by atoms with Crippen molar-refractivity contribution in [2.24, 2.45) is 5.92 Å². The smallest absolute Gasteiger partial charge is 0.226 e. The van der Waals surface area contributed by atoms with Crippen molar-refractivity contribution in [2.45, 2.75) is 25.3 Å². The van der Waals surface area contributed by atoms with Crippen LogP contribution in [0, 0.1) is 5.92 Å². The van der Waals surface area contributed by atoms with Gasteiger partial charge < -0.3 is 15.2 Å². The van der Waals surface area contributed by atoms with Crippen molar-refractivity contribution in [1.29, 1.82) is 0 Å². The first-order chi connectivity index (χ1) is 15.0. The van der Waals surface area contributed by atoms with E-state index in [4.69, 9.17) is 16.3 Å². The Morgan fingerprint density at radius 3 is 2.77 bits per heavy atom. The van der Waals surface area contributed by atoms with Crippen molar-refractivity contribution in [3.8, 4) is 11.5 Å². The molecule has 0 fully saturated rings. The van der Waals surface area contributed by atoms with E-state index in [-0.39, 0.29) is 23.5 Å². The molecule has 0 spiro atoms. The van der Waals surface area contributed by atoms with Crippen LogP contribution in [0.1, 0.15) is 36.4 Å². The number of rotatable bonds is 4. The van der Waals surface area contributed by atoms with Crippen LogP contribution in [-0.2, 0) is 4.79 Å². The van der Waals surface area contributed by atoms with Crippen LogP contribution in [0.5, 0.6) is 11.5 Å². The number of carbonyl (C=O) groups excluding carboxylic acids is 1. The number of phenols is 1. The van der Waals surface area contributed by atoms with Crippen LogP contribution in [0.25, 0.3) is 0 Å². The summed E-state index contributed by atoms with van der Waals surface area (Å²) in [5.74, 6) is 0.652. The summed E-state index contributed by atoms with van der Waals surface area (Å²) >= 11 is 6.03. The molecule has 2 heterocycles. The summed E-state index contributed by atoms with van der Waals surface area (Å²) in [6.45, 7) is 2.28. The number of hydrogen-bond donors (Lipinski definition) is 2. The number of aromatic nitrogens is 3. The number of ketones is 1. The van der Waals surface area contributed by atoms with Crippen LogP contribution >= 0.6 is 11.6 Å². The molecule has 5 rings (SSSR count). The summed E-state index contributed by atoms with van der Waals surface area (Å²) in [6.07, 6.45) is 3.96. The highest BCUT2D eigenvalue weighted by atomic mass is 35.5. The minimum atomic E-state index is -0.434. The van der Waals surface area contributed by atoms with E-state index in [9.17, 15) is 9.90 Å². The average Bonchev–Trinajstić information content (AvgIpc) is 3.22. The lowest BCUT2D eigenvalue weighted by Crippen LogP contribution is -2.40. The Morgan fingerprint density at radius 1 is 1.23 bits per heavy atom. The normalized spacial score (nSPS) is 22.2. The van der Waals surface area contributed by atoms with Crippen LogP contribution in [0.2, 0.25) is 5.02 Å². The molecular weight excluding hydrogens is 416 g/mol. The Hall–Kier alpha value is -3.32. The Bertz CT molecular complexity index is 1170. The maximum atomic E-state index is 13.4. The summed E-state index contributed by atoms with van der Waals surface area (Å²) in [7, 11) is 0. The van der Waals surface area contributed by atoms with Gasteiger partial charge in [-0.15, -0.1) is 0 Å². The van der Waals surface area contributed by atoms with Gasteiger partial charge in [-0.3, -0.25) is 4.79 Å². The number of nitrogens with zero attached hydrogens (tertiary/aromatic N) is 3. The topological polar surface area (TPSA) is 89.3 Å². The third-order valence-corrected chi connectivity index (χ3v) is 6.07. The van der Waals surface area contributed by atoms with Crippen molar-refractivity contribution < 1.29 is 14.6 Å². The van der Waals surface area contributed by atoms with Gasteiger partial charge >= 0.3 is 0 Å². The molecule has 2 N–H and O–H groups in total. The predicted molar refractivity (Wildman–Crippen MR) is 116 cm³/mol. The van der Waals surface area contributed by atoms with Crippen molar-refractivity contribution in [3.63, 3.8) is 0 Å². The molecule has 0 bridgehead atoms. The molecule has 3 atom stereocenters. The Kier molecular flexibility index (Phi) is 4.90. The number of anilines is 1. The van der Waals surface area contributed by atoms with Crippen LogP contribution in [-0.4, -0.2) is 32.3 Å². The van der Waals surface area contributed by atoms with Gasteiger partial charge in [-0.1, -0.05) is 35.9 Å². The molecule has 0 radical (unpaired) electrons. The fourth-order valence-electron chi connectivity index (χ4n) is 4.42. The maximum Gasteiger partial charge on any atom is 0.226 e. The number of halogens is 1. The van der Waals surface area contributed by atoms with Gasteiger partial charge in [0, 0.05) is 23.1 Å². The minimum absolute atomic E-state index is 0.0440. The quantitative estimate of drug-likeness (QED) is 0.633. The van der Waals surface area contributed by atoms with Gasteiger partial charge in [-0.25, -0.2) is 4.68 Å². The zero-order chi connectivity index (χ0) is 21.5. The van der Waals surface area contributed by atoms with E-state index in [0.717, 1.165) is 16.8 Å². The van der Waals surface area contributed by atoms with E-state index in [0.29, 0.717) is 29.7 Å². The molecule has 0 saturated carbocycles. The second-order valence-electron chi connectivity index (χ2n) is 7.69. The summed E-state index contributed by atoms with van der Waals surface area (Å²) in [5, 5.41) is 18.5. The number of benzene rings is 2. The lowest BCUT2D eigenvalue weighted by atomic mass is 9.75. The second kappa shape index (κ2) is 7.74. The molecular formula is C23H21ClN4O3. The fraction of sp³-hybridized carbons (Fsp3) is 0.261. The molecule has 8 heteroatoms. The highest BCUT2D eigenvalue weighted by Gasteiger charge is 2.43. The first kappa shape index (κ1) is 19.6. The van der Waals surface area contributed by atoms with Crippen LogP contribution < -0.4 is 10.1 Å². The summed E-state index contributed by atoms with van der Waals surface area (Å²) in [6, 6.07) is 12.4. The van der Waals surface area contributed by atoms with Crippen molar-refractivity contribution >= 4 is 23.3 Å². The molecule has 7 nitrogen and oxygen atoms in total. The van der Waals surface area contributed by atoms with Crippen molar-refractivity contribution in [3.05, 3.63) is 76.7 Å². The van der Waals surface area contributed by atoms with Gasteiger partial charge in [0.25, 0.3) is 0 Å². The number of hydrogen-bond acceptors (Lipinski definition) is 6. The number of allylic oxidation sites excluding steroid dienone is 2. The molecule has 1 aliphatic heterocycles. The van der Waals surface area contributed by atoms with Gasteiger partial charge in [0.2, 0.25) is 5.95 Å². The first-order valence-corrected chi connectivity index (χ1v) is 10.5. The molecule has 31 heavy (non-hydrogen) atoms. The number of ether oxygens (including phenoxy) is 1. The fourth-order valence-corrected chi connectivity index (χ4v) is 4.54. The molecule has 2 aliphatic rings. The van der Waals surface area contributed by atoms with E-state index in [1.54, 1.807) is 22.9 Å². The predicted octanol–water partition coefficient (Wildman–Crippen LogP) is 4.31. The zero-order valence-corrected chi connectivity index (χ0v) is 17.6. The third kappa shape index (κ3) is 3.45. The Labute approximate surface area is 184 Å². The van der Waals surface area contributed by atoms with Crippen LogP contribution in [0.4, 0.5) is 5.95 Å². The van der Waals surface area contributed by atoms with E-state index in [1.165, 1.54) is 6.33 Å². The number of phenolic OH excluding ortho intramolecular Hbond substituents is 1. The minimum Gasteiger partial charge on any atom is -0.504 e. The number of aromatic hydroxyl groups is 1. The van der Waals surface area contributed by atoms with Gasteiger partial charge in [0.15, 0.2) is 11.5 Å². The summed E-state index contributed by atoms with van der Waals surface area (Å²) in [5.41, 5.74) is 2.67. The van der Waals surface area contributed by atoms with Crippen LogP contribution in [0.15, 0.2) is 60.6 Å². The van der Waals surface area contributed by atoms with E-state index in [1.807, 2.05) is 31.2 Å². The molecule has 1 aliphatic carbocycles. The number of fused-ring (bicyclic) bond motifs is 2. The maximum absolute atomic E-state index is 13.4. The molecule has 158 valence electrons. The van der Waals surface area contributed by atoms with E-state index in [2.05, 4.69) is 21.5 Å². The lowest BCUT2D eigenvalue weighted by Gasteiger charge is -2.38. The van der Waals surface area contributed by atoms with Gasteiger partial charge in [0.1, 0.15) is 12.1 Å².